The molecule has 144 valence electrons. The number of benzene rings is 1. The van der Waals surface area contributed by atoms with E-state index in [-0.39, 0.29) is 28.4 Å². The second-order valence-corrected chi connectivity index (χ2v) is 7.75. The molecule has 27 heavy (non-hydrogen) atoms. The molecule has 2 fully saturated rings. The third-order valence-corrected chi connectivity index (χ3v) is 6.32. The molecule has 0 unspecified atom stereocenters. The number of nitrogens with one attached hydrogen (secondary N) is 1. The third kappa shape index (κ3) is 3.02. The zero-order chi connectivity index (χ0) is 19.0. The van der Waals surface area contributed by atoms with Gasteiger partial charge in [-0.1, -0.05) is 6.42 Å². The lowest BCUT2D eigenvalue weighted by Crippen LogP contribution is -2.50. The van der Waals surface area contributed by atoms with Gasteiger partial charge >= 0.3 is 0 Å². The Morgan fingerprint density at radius 1 is 1.26 bits per heavy atom. The van der Waals surface area contributed by atoms with Crippen molar-refractivity contribution < 1.29 is 14.3 Å². The zero-order valence-electron chi connectivity index (χ0n) is 15.9. The van der Waals surface area contributed by atoms with Crippen molar-refractivity contribution in [3.63, 3.8) is 0 Å². The van der Waals surface area contributed by atoms with Crippen LogP contribution in [0.4, 0.5) is 0 Å². The van der Waals surface area contributed by atoms with Gasteiger partial charge in [-0.3, -0.25) is 9.59 Å². The number of hydrogen-bond acceptors (Lipinski definition) is 4. The molecule has 1 amide bonds. The number of aromatic amines is 1. The molecular weight excluding hydrogens is 344 g/mol. The van der Waals surface area contributed by atoms with Crippen molar-refractivity contribution in [3.8, 4) is 5.75 Å². The molecule has 6 nitrogen and oxygen atoms in total. The lowest BCUT2D eigenvalue weighted by molar-refractivity contribution is -0.0295. The largest absolute Gasteiger partial charge is 0.497 e. The van der Waals surface area contributed by atoms with Crippen LogP contribution in [-0.2, 0) is 4.74 Å². The Hall–Kier alpha value is -2.34. The van der Waals surface area contributed by atoms with E-state index < -0.39 is 0 Å². The number of hydrogen-bond donors (Lipinski definition) is 1. The Bertz CT molecular complexity index is 922. The van der Waals surface area contributed by atoms with Crippen LogP contribution in [0, 0.1) is 5.41 Å². The SMILES string of the molecule is COc1ccc2[nH]cc(C(=O)N3CCC[C@]4(CCC[C@H]4OC)C3)c(=O)c2c1. The first-order valence-corrected chi connectivity index (χ1v) is 9.59. The molecule has 2 aromatic rings. The quantitative estimate of drug-likeness (QED) is 0.902. The standard InChI is InChI=1S/C21H26N2O4/c1-26-14-6-7-17-15(11-14)19(24)16(12-22-17)20(25)23-10-4-9-21(13-23)8-3-5-18(21)27-2/h6-7,11-12,18H,3-5,8-10,13H2,1-2H3,(H,22,24)/t18-,21-/m1/s1. The summed E-state index contributed by atoms with van der Waals surface area (Å²) in [6, 6.07) is 5.27. The summed E-state index contributed by atoms with van der Waals surface area (Å²) >= 11 is 0. The molecule has 1 N–H and O–H groups in total. The van der Waals surface area contributed by atoms with E-state index in [0.717, 1.165) is 32.1 Å². The van der Waals surface area contributed by atoms with E-state index in [1.165, 1.54) is 0 Å². The fourth-order valence-electron chi connectivity index (χ4n) is 4.93. The number of nitrogens with zero attached hydrogens (tertiary/aromatic N) is 1. The van der Waals surface area contributed by atoms with Crippen LogP contribution in [0.5, 0.6) is 5.75 Å². The first-order chi connectivity index (χ1) is 13.1. The molecule has 1 aliphatic carbocycles. The molecule has 1 saturated carbocycles. The maximum Gasteiger partial charge on any atom is 0.259 e. The van der Waals surface area contributed by atoms with Gasteiger partial charge in [0.05, 0.1) is 13.2 Å². The Labute approximate surface area is 158 Å². The molecule has 4 rings (SSSR count). The van der Waals surface area contributed by atoms with E-state index in [1.54, 1.807) is 38.6 Å². The molecule has 0 bridgehead atoms. The molecule has 1 aromatic heterocycles. The topological polar surface area (TPSA) is 71.6 Å². The molecule has 6 heteroatoms. The van der Waals surface area contributed by atoms with Gasteiger partial charge in [-0.15, -0.1) is 0 Å². The summed E-state index contributed by atoms with van der Waals surface area (Å²) in [4.78, 5) is 31.1. The number of carbonyl (C=O) groups excluding carboxylic acids is 1. The van der Waals surface area contributed by atoms with Crippen LogP contribution >= 0.6 is 0 Å². The first kappa shape index (κ1) is 18.0. The number of likely N-dealkylation sites (tertiary alicyclic amines) is 1. The molecule has 2 heterocycles. The number of H-pyrrole nitrogens is 1. The summed E-state index contributed by atoms with van der Waals surface area (Å²) < 4.78 is 10.9. The van der Waals surface area contributed by atoms with E-state index in [2.05, 4.69) is 4.98 Å². The van der Waals surface area contributed by atoms with Crippen LogP contribution in [-0.4, -0.2) is 49.2 Å². The van der Waals surface area contributed by atoms with Crippen molar-refractivity contribution in [2.75, 3.05) is 27.3 Å². The minimum absolute atomic E-state index is 0.0372. The summed E-state index contributed by atoms with van der Waals surface area (Å²) in [6.07, 6.45) is 7.05. The molecule has 2 atom stereocenters. The zero-order valence-corrected chi connectivity index (χ0v) is 15.9. The van der Waals surface area contributed by atoms with Gasteiger partial charge in [0.2, 0.25) is 5.43 Å². The monoisotopic (exact) mass is 370 g/mol. The van der Waals surface area contributed by atoms with Crippen molar-refractivity contribution in [3.05, 3.63) is 40.2 Å². The Balaban J connectivity index is 1.66. The van der Waals surface area contributed by atoms with E-state index >= 15 is 0 Å². The van der Waals surface area contributed by atoms with Crippen LogP contribution in [0.15, 0.2) is 29.2 Å². The van der Waals surface area contributed by atoms with Gasteiger partial charge in [-0.2, -0.15) is 0 Å². The van der Waals surface area contributed by atoms with Crippen LogP contribution in [0.3, 0.4) is 0 Å². The molecule has 1 saturated heterocycles. The number of ether oxygens (including phenoxy) is 2. The van der Waals surface area contributed by atoms with Gasteiger partial charge in [-0.25, -0.2) is 0 Å². The number of piperidine rings is 1. The number of fused-ring (bicyclic) bond motifs is 1. The van der Waals surface area contributed by atoms with Crippen molar-refractivity contribution >= 4 is 16.8 Å². The maximum absolute atomic E-state index is 13.2. The summed E-state index contributed by atoms with van der Waals surface area (Å²) in [6.45, 7) is 1.35. The van der Waals surface area contributed by atoms with Gasteiger partial charge < -0.3 is 19.4 Å². The van der Waals surface area contributed by atoms with Crippen LogP contribution in [0.1, 0.15) is 42.5 Å². The van der Waals surface area contributed by atoms with Crippen molar-refractivity contribution in [1.29, 1.82) is 0 Å². The average molecular weight is 370 g/mol. The fraction of sp³-hybridized carbons (Fsp3) is 0.524. The molecule has 1 spiro atoms. The van der Waals surface area contributed by atoms with E-state index in [0.29, 0.717) is 29.7 Å². The normalized spacial score (nSPS) is 25.3. The number of amides is 1. The highest BCUT2D eigenvalue weighted by Gasteiger charge is 2.46. The van der Waals surface area contributed by atoms with Gasteiger partial charge in [-0.05, 0) is 43.9 Å². The predicted molar refractivity (Wildman–Crippen MR) is 103 cm³/mol. The van der Waals surface area contributed by atoms with Gasteiger partial charge in [0.1, 0.15) is 11.3 Å². The van der Waals surface area contributed by atoms with Gasteiger partial charge in [0, 0.05) is 42.7 Å². The average Bonchev–Trinajstić information content (AvgIpc) is 3.09. The summed E-state index contributed by atoms with van der Waals surface area (Å²) in [5.41, 5.74) is 0.680. The highest BCUT2D eigenvalue weighted by molar-refractivity contribution is 5.97. The molecular formula is C21H26N2O4. The summed E-state index contributed by atoms with van der Waals surface area (Å²) in [7, 11) is 3.32. The van der Waals surface area contributed by atoms with Crippen LogP contribution in [0.25, 0.3) is 10.9 Å². The second-order valence-electron chi connectivity index (χ2n) is 7.75. The Kier molecular flexibility index (Phi) is 4.68. The number of rotatable bonds is 3. The van der Waals surface area contributed by atoms with Crippen molar-refractivity contribution in [2.24, 2.45) is 5.41 Å². The lowest BCUT2D eigenvalue weighted by Gasteiger charge is -2.43. The fourth-order valence-corrected chi connectivity index (χ4v) is 4.93. The Morgan fingerprint density at radius 3 is 2.85 bits per heavy atom. The van der Waals surface area contributed by atoms with E-state index in [4.69, 9.17) is 9.47 Å². The molecule has 1 aliphatic heterocycles. The van der Waals surface area contributed by atoms with Crippen LogP contribution < -0.4 is 10.2 Å². The maximum atomic E-state index is 13.2. The molecule has 0 radical (unpaired) electrons. The predicted octanol–water partition coefficient (Wildman–Crippen LogP) is 2.96. The van der Waals surface area contributed by atoms with E-state index in [1.807, 2.05) is 4.90 Å². The Morgan fingerprint density at radius 2 is 2.07 bits per heavy atom. The number of methoxy groups -OCH3 is 2. The van der Waals surface area contributed by atoms with Crippen molar-refractivity contribution in [2.45, 2.75) is 38.2 Å². The first-order valence-electron chi connectivity index (χ1n) is 9.59. The summed E-state index contributed by atoms with van der Waals surface area (Å²) in [5.74, 6) is 0.408. The highest BCUT2D eigenvalue weighted by Crippen LogP contribution is 2.46. The third-order valence-electron chi connectivity index (χ3n) is 6.32. The van der Waals surface area contributed by atoms with Crippen LogP contribution in [0.2, 0.25) is 0 Å². The smallest absolute Gasteiger partial charge is 0.259 e. The molecule has 1 aromatic carbocycles. The minimum Gasteiger partial charge on any atom is -0.497 e. The number of aromatic nitrogens is 1. The minimum atomic E-state index is -0.248. The number of carbonyl (C=O) groups is 1. The number of pyridine rings is 1. The second kappa shape index (κ2) is 7.00. The lowest BCUT2D eigenvalue weighted by atomic mass is 9.76. The summed E-state index contributed by atoms with van der Waals surface area (Å²) in [5, 5.41) is 0.475. The van der Waals surface area contributed by atoms with Gasteiger partial charge in [0.15, 0.2) is 0 Å². The van der Waals surface area contributed by atoms with Gasteiger partial charge in [0.25, 0.3) is 5.91 Å². The highest BCUT2D eigenvalue weighted by atomic mass is 16.5. The van der Waals surface area contributed by atoms with E-state index in [9.17, 15) is 9.59 Å². The molecule has 2 aliphatic rings. The van der Waals surface area contributed by atoms with Crippen molar-refractivity contribution in [1.82, 2.24) is 9.88 Å².